The van der Waals surface area contributed by atoms with E-state index in [1.165, 1.54) is 24.7 Å². The Labute approximate surface area is 171 Å². The second-order valence-electron chi connectivity index (χ2n) is 7.48. The number of hydrogen-bond acceptors (Lipinski definition) is 5. The first-order valence-electron chi connectivity index (χ1n) is 9.79. The number of nitrogens with one attached hydrogen (secondary N) is 2. The van der Waals surface area contributed by atoms with Crippen molar-refractivity contribution in [3.63, 3.8) is 0 Å². The second kappa shape index (κ2) is 7.77. The van der Waals surface area contributed by atoms with Crippen LogP contribution in [0.5, 0.6) is 0 Å². The van der Waals surface area contributed by atoms with Gasteiger partial charge >= 0.3 is 5.69 Å². The molecule has 0 saturated heterocycles. The van der Waals surface area contributed by atoms with E-state index >= 15 is 0 Å². The zero-order valence-electron chi connectivity index (χ0n) is 16.8. The number of carbonyl (C=O) groups is 1. The summed E-state index contributed by atoms with van der Waals surface area (Å²) in [6.07, 6.45) is 1.85. The third kappa shape index (κ3) is 3.60. The largest absolute Gasteiger partial charge is 0.354 e. The second-order valence-corrected chi connectivity index (χ2v) is 7.48. The van der Waals surface area contributed by atoms with E-state index in [2.05, 4.69) is 15.6 Å². The lowest BCUT2D eigenvalue weighted by molar-refractivity contribution is -0.122. The summed E-state index contributed by atoms with van der Waals surface area (Å²) in [6.45, 7) is 0.815. The van der Waals surface area contributed by atoms with E-state index in [0.717, 1.165) is 17.4 Å². The van der Waals surface area contributed by atoms with E-state index in [0.29, 0.717) is 24.6 Å². The molecule has 1 aliphatic rings. The van der Waals surface area contributed by atoms with Crippen molar-refractivity contribution in [2.45, 2.75) is 19.4 Å². The van der Waals surface area contributed by atoms with Crippen molar-refractivity contribution in [1.29, 1.82) is 0 Å². The fourth-order valence-corrected chi connectivity index (χ4v) is 3.38. The number of fused-ring (bicyclic) bond motifs is 1. The smallest absolute Gasteiger partial charge is 0.332 e. The average Bonchev–Trinajstić information content (AvgIpc) is 3.52. The number of imidazole rings is 1. The fourth-order valence-electron chi connectivity index (χ4n) is 3.38. The molecule has 2 aromatic heterocycles. The average molecular weight is 414 g/mol. The molecule has 4 rings (SSSR count). The van der Waals surface area contributed by atoms with Gasteiger partial charge in [0.2, 0.25) is 11.9 Å². The molecule has 1 aliphatic carbocycles. The molecule has 2 N–H and O–H groups in total. The van der Waals surface area contributed by atoms with Gasteiger partial charge in [-0.3, -0.25) is 23.3 Å². The number of rotatable bonds is 7. The van der Waals surface area contributed by atoms with Gasteiger partial charge in [0, 0.05) is 38.7 Å². The molecule has 0 spiro atoms. The number of nitrogens with zero attached hydrogens (tertiary/aromatic N) is 4. The van der Waals surface area contributed by atoms with E-state index < -0.39 is 17.1 Å². The van der Waals surface area contributed by atoms with Gasteiger partial charge < -0.3 is 10.6 Å². The minimum absolute atomic E-state index is 0.0351. The van der Waals surface area contributed by atoms with Crippen molar-refractivity contribution >= 4 is 23.0 Å². The number of anilines is 1. The molecule has 10 heteroatoms. The number of amides is 1. The topological polar surface area (TPSA) is 103 Å². The van der Waals surface area contributed by atoms with Crippen LogP contribution in [0.2, 0.25) is 0 Å². The van der Waals surface area contributed by atoms with Crippen LogP contribution in [0.4, 0.5) is 10.3 Å². The number of hydrogen-bond donors (Lipinski definition) is 2. The summed E-state index contributed by atoms with van der Waals surface area (Å²) in [5, 5.41) is 5.95. The molecule has 1 aromatic carbocycles. The molecule has 158 valence electrons. The first-order chi connectivity index (χ1) is 14.4. The molecule has 9 nitrogen and oxygen atoms in total. The van der Waals surface area contributed by atoms with Crippen LogP contribution >= 0.6 is 0 Å². The highest BCUT2D eigenvalue weighted by atomic mass is 19.1. The molecule has 2 heterocycles. The molecule has 3 aromatic rings. The Morgan fingerprint density at radius 1 is 1.17 bits per heavy atom. The van der Waals surface area contributed by atoms with Crippen molar-refractivity contribution in [3.8, 4) is 0 Å². The molecule has 1 saturated carbocycles. The van der Waals surface area contributed by atoms with E-state index in [-0.39, 0.29) is 29.5 Å². The quantitative estimate of drug-likeness (QED) is 0.550. The lowest BCUT2D eigenvalue weighted by atomic mass is 10.2. The minimum atomic E-state index is -0.507. The fraction of sp³-hybridized carbons (Fsp3) is 0.400. The van der Waals surface area contributed by atoms with E-state index in [1.54, 1.807) is 22.8 Å². The Hall–Kier alpha value is -3.43. The Morgan fingerprint density at radius 3 is 2.60 bits per heavy atom. The first kappa shape index (κ1) is 19.9. The Balaban J connectivity index is 1.70. The van der Waals surface area contributed by atoms with Gasteiger partial charge in [0.15, 0.2) is 11.2 Å². The third-order valence-electron chi connectivity index (χ3n) is 5.29. The summed E-state index contributed by atoms with van der Waals surface area (Å²) in [5.74, 6) is 0.0805. The van der Waals surface area contributed by atoms with Crippen LogP contribution in [0.25, 0.3) is 11.2 Å². The summed E-state index contributed by atoms with van der Waals surface area (Å²) in [6, 6.07) is 6.29. The molecule has 0 bridgehead atoms. The highest BCUT2D eigenvalue weighted by Crippen LogP contribution is 2.28. The molecule has 30 heavy (non-hydrogen) atoms. The summed E-state index contributed by atoms with van der Waals surface area (Å²) in [4.78, 5) is 41.3. The molecule has 1 fully saturated rings. The van der Waals surface area contributed by atoms with Crippen LogP contribution < -0.4 is 21.9 Å². The molecule has 0 aliphatic heterocycles. The number of carbonyl (C=O) groups excluding carboxylic acids is 1. The maximum absolute atomic E-state index is 14.3. The van der Waals surface area contributed by atoms with Gasteiger partial charge in [0.05, 0.1) is 6.54 Å². The molecular formula is C20H23FN6O3. The van der Waals surface area contributed by atoms with Crippen molar-refractivity contribution in [2.75, 3.05) is 18.4 Å². The van der Waals surface area contributed by atoms with Gasteiger partial charge in [-0.25, -0.2) is 9.18 Å². The van der Waals surface area contributed by atoms with E-state index in [4.69, 9.17) is 0 Å². The van der Waals surface area contributed by atoms with Crippen LogP contribution in [0.1, 0.15) is 18.4 Å². The molecule has 0 radical (unpaired) electrons. The summed E-state index contributed by atoms with van der Waals surface area (Å²) in [7, 11) is 2.93. The number of aryl methyl sites for hydroxylation is 1. The van der Waals surface area contributed by atoms with Crippen LogP contribution in [0.3, 0.4) is 0 Å². The van der Waals surface area contributed by atoms with Gasteiger partial charge in [0.1, 0.15) is 5.82 Å². The van der Waals surface area contributed by atoms with Crippen molar-refractivity contribution < 1.29 is 9.18 Å². The van der Waals surface area contributed by atoms with Crippen molar-refractivity contribution in [1.82, 2.24) is 24.0 Å². The predicted molar refractivity (Wildman–Crippen MR) is 110 cm³/mol. The van der Waals surface area contributed by atoms with Crippen LogP contribution in [-0.2, 0) is 25.4 Å². The zero-order valence-corrected chi connectivity index (χ0v) is 16.8. The van der Waals surface area contributed by atoms with E-state index in [9.17, 15) is 18.8 Å². The molecule has 1 amide bonds. The monoisotopic (exact) mass is 414 g/mol. The Morgan fingerprint density at radius 2 is 1.90 bits per heavy atom. The molecular weight excluding hydrogens is 391 g/mol. The summed E-state index contributed by atoms with van der Waals surface area (Å²) < 4.78 is 18.1. The first-order valence-corrected chi connectivity index (χ1v) is 9.79. The van der Waals surface area contributed by atoms with Crippen molar-refractivity contribution in [3.05, 3.63) is 56.5 Å². The highest BCUT2D eigenvalue weighted by Gasteiger charge is 2.29. The highest BCUT2D eigenvalue weighted by molar-refractivity contribution is 5.80. The predicted octanol–water partition coefficient (Wildman–Crippen LogP) is 0.559. The Kier molecular flexibility index (Phi) is 5.15. The molecule has 0 unspecified atom stereocenters. The lowest BCUT2D eigenvalue weighted by Crippen LogP contribution is -2.37. The van der Waals surface area contributed by atoms with Gasteiger partial charge in [-0.05, 0) is 18.9 Å². The standard InChI is InChI=1S/C20H23FN6O3/c1-25-16-15(18(29)26(2)20(25)30)27(11-13-5-3-4-6-14(13)21)19(24-16)23-10-9-22-17(28)12-7-8-12/h3-6,12H,7-11H2,1-2H3,(H,22,28)(H,23,24). The SMILES string of the molecule is Cn1c(=O)c2c(nc(NCCNC(=O)C3CC3)n2Cc2ccccc2F)n(C)c1=O. The van der Waals surface area contributed by atoms with Crippen LogP contribution in [0.15, 0.2) is 33.9 Å². The maximum Gasteiger partial charge on any atom is 0.332 e. The van der Waals surface area contributed by atoms with Gasteiger partial charge in [-0.15, -0.1) is 0 Å². The number of aromatic nitrogens is 4. The van der Waals surface area contributed by atoms with Gasteiger partial charge in [-0.1, -0.05) is 18.2 Å². The lowest BCUT2D eigenvalue weighted by Gasteiger charge is -2.12. The third-order valence-corrected chi connectivity index (χ3v) is 5.29. The number of benzene rings is 1. The van der Waals surface area contributed by atoms with E-state index in [1.807, 2.05) is 0 Å². The summed E-state index contributed by atoms with van der Waals surface area (Å²) >= 11 is 0. The Bertz CT molecular complexity index is 1240. The van der Waals surface area contributed by atoms with Gasteiger partial charge in [0.25, 0.3) is 5.56 Å². The maximum atomic E-state index is 14.3. The number of halogens is 1. The van der Waals surface area contributed by atoms with Crippen LogP contribution in [0, 0.1) is 11.7 Å². The summed E-state index contributed by atoms with van der Waals surface area (Å²) in [5.41, 5.74) is -0.201. The van der Waals surface area contributed by atoms with Gasteiger partial charge in [-0.2, -0.15) is 4.98 Å². The zero-order chi connectivity index (χ0) is 21.4. The van der Waals surface area contributed by atoms with Crippen LogP contribution in [-0.4, -0.2) is 37.7 Å². The molecule has 0 atom stereocenters. The van der Waals surface area contributed by atoms with Crippen molar-refractivity contribution in [2.24, 2.45) is 20.0 Å². The minimum Gasteiger partial charge on any atom is -0.354 e. The normalized spacial score (nSPS) is 13.6.